The maximum Gasteiger partial charge on any atom is 0.310 e. The summed E-state index contributed by atoms with van der Waals surface area (Å²) in [5, 5.41) is 9.24. The Hall–Kier alpha value is -1.32. The Bertz CT molecular complexity index is 472. The molecule has 0 radical (unpaired) electrons. The summed E-state index contributed by atoms with van der Waals surface area (Å²) < 4.78 is 5.34. The number of carbonyl (C=O) groups excluding carboxylic acids is 1. The molecule has 0 aromatic rings. The van der Waals surface area contributed by atoms with Gasteiger partial charge in [-0.1, -0.05) is 115 Å². The number of carboxylic acids is 1. The van der Waals surface area contributed by atoms with Crippen LogP contribution in [0.4, 0.5) is 0 Å². The first-order valence-corrected chi connectivity index (χ1v) is 12.7. The molecule has 0 spiro atoms. The van der Waals surface area contributed by atoms with E-state index in [1.54, 1.807) is 0 Å². The molecule has 1 rings (SSSR count). The third kappa shape index (κ3) is 13.1. The quantitative estimate of drug-likeness (QED) is 0.133. The van der Waals surface area contributed by atoms with E-state index in [2.05, 4.69) is 6.92 Å². The first-order valence-electron chi connectivity index (χ1n) is 12.7. The maximum atomic E-state index is 12.2. The van der Waals surface area contributed by atoms with E-state index in [4.69, 9.17) is 4.74 Å². The van der Waals surface area contributed by atoms with Crippen LogP contribution in [-0.2, 0) is 14.3 Å². The van der Waals surface area contributed by atoms with Crippen LogP contribution in [0.5, 0.6) is 0 Å². The molecule has 1 aliphatic rings. The summed E-state index contributed by atoms with van der Waals surface area (Å²) >= 11 is 0. The monoisotopic (exact) mass is 422 g/mol. The summed E-state index contributed by atoms with van der Waals surface area (Å²) in [5.41, 5.74) is 0. The largest absolute Gasteiger partial charge is 0.481 e. The third-order valence-corrected chi connectivity index (χ3v) is 6.29. The second-order valence-electron chi connectivity index (χ2n) is 8.96. The average Bonchev–Trinajstić information content (AvgIpc) is 2.75. The zero-order valence-corrected chi connectivity index (χ0v) is 19.4. The van der Waals surface area contributed by atoms with E-state index in [0.29, 0.717) is 19.4 Å². The summed E-state index contributed by atoms with van der Waals surface area (Å²) in [6, 6.07) is 0. The number of allylic oxidation sites excluding steroid dienone is 2. The molecule has 0 saturated carbocycles. The van der Waals surface area contributed by atoms with Gasteiger partial charge >= 0.3 is 11.9 Å². The van der Waals surface area contributed by atoms with Crippen LogP contribution < -0.4 is 0 Å². The molecule has 0 aliphatic heterocycles. The molecule has 0 heterocycles. The Morgan fingerprint density at radius 2 is 1.10 bits per heavy atom. The molecule has 1 aliphatic carbocycles. The minimum absolute atomic E-state index is 0.340. The fraction of sp³-hybridized carbons (Fsp3) is 0.846. The van der Waals surface area contributed by atoms with Gasteiger partial charge in [0.2, 0.25) is 0 Å². The van der Waals surface area contributed by atoms with Crippen molar-refractivity contribution in [2.24, 2.45) is 11.8 Å². The molecular weight excluding hydrogens is 376 g/mol. The molecule has 174 valence electrons. The van der Waals surface area contributed by atoms with Gasteiger partial charge in [0.15, 0.2) is 0 Å². The minimum Gasteiger partial charge on any atom is -0.481 e. The Labute approximate surface area is 184 Å². The first-order chi connectivity index (χ1) is 14.7. The molecule has 0 aromatic carbocycles. The zero-order valence-electron chi connectivity index (χ0n) is 19.4. The third-order valence-electron chi connectivity index (χ3n) is 6.29. The van der Waals surface area contributed by atoms with E-state index < -0.39 is 17.8 Å². The smallest absolute Gasteiger partial charge is 0.310 e. The normalized spacial score (nSPS) is 18.4. The lowest BCUT2D eigenvalue weighted by Crippen LogP contribution is -2.32. The van der Waals surface area contributed by atoms with Crippen LogP contribution in [-0.4, -0.2) is 23.7 Å². The molecular formula is C26H46O4. The van der Waals surface area contributed by atoms with Gasteiger partial charge in [0.1, 0.15) is 0 Å². The van der Waals surface area contributed by atoms with Crippen molar-refractivity contribution < 1.29 is 19.4 Å². The highest BCUT2D eigenvalue weighted by Gasteiger charge is 2.34. The Morgan fingerprint density at radius 1 is 0.700 bits per heavy atom. The van der Waals surface area contributed by atoms with Crippen molar-refractivity contribution >= 4 is 11.9 Å². The van der Waals surface area contributed by atoms with Gasteiger partial charge in [0.25, 0.3) is 0 Å². The van der Waals surface area contributed by atoms with E-state index in [0.717, 1.165) is 12.8 Å². The number of carbonyl (C=O) groups is 2. The Morgan fingerprint density at radius 3 is 1.53 bits per heavy atom. The number of aliphatic carboxylic acids is 1. The maximum absolute atomic E-state index is 12.2. The zero-order chi connectivity index (χ0) is 21.9. The van der Waals surface area contributed by atoms with Crippen LogP contribution in [0.25, 0.3) is 0 Å². The topological polar surface area (TPSA) is 63.6 Å². The van der Waals surface area contributed by atoms with Crippen molar-refractivity contribution in [1.82, 2.24) is 0 Å². The van der Waals surface area contributed by atoms with E-state index >= 15 is 0 Å². The predicted octanol–water partition coefficient (Wildman–Crippen LogP) is 7.46. The lowest BCUT2D eigenvalue weighted by molar-refractivity contribution is -0.158. The number of unbranched alkanes of at least 4 members (excludes halogenated alkanes) is 15. The summed E-state index contributed by atoms with van der Waals surface area (Å²) in [6.45, 7) is 2.69. The van der Waals surface area contributed by atoms with Gasteiger partial charge in [-0.05, 0) is 19.3 Å². The summed E-state index contributed by atoms with van der Waals surface area (Å²) in [4.78, 5) is 23.4. The molecule has 2 unspecified atom stereocenters. The highest BCUT2D eigenvalue weighted by atomic mass is 16.5. The van der Waals surface area contributed by atoms with Crippen molar-refractivity contribution in [3.05, 3.63) is 12.2 Å². The summed E-state index contributed by atoms with van der Waals surface area (Å²) in [6.07, 6.45) is 25.7. The van der Waals surface area contributed by atoms with Crippen molar-refractivity contribution in [1.29, 1.82) is 0 Å². The average molecular weight is 423 g/mol. The van der Waals surface area contributed by atoms with Crippen LogP contribution in [0, 0.1) is 11.8 Å². The van der Waals surface area contributed by atoms with Gasteiger partial charge in [-0.2, -0.15) is 0 Å². The van der Waals surface area contributed by atoms with E-state index in [1.807, 2.05) is 12.2 Å². The van der Waals surface area contributed by atoms with Crippen molar-refractivity contribution in [2.75, 3.05) is 6.61 Å². The van der Waals surface area contributed by atoms with Gasteiger partial charge < -0.3 is 9.84 Å². The highest BCUT2D eigenvalue weighted by molar-refractivity contribution is 5.81. The van der Waals surface area contributed by atoms with Gasteiger partial charge in [-0.25, -0.2) is 0 Å². The van der Waals surface area contributed by atoms with Crippen LogP contribution in [0.3, 0.4) is 0 Å². The van der Waals surface area contributed by atoms with Crippen LogP contribution in [0.15, 0.2) is 12.2 Å². The number of carboxylic acid groups (broad SMARTS) is 1. The molecule has 0 bridgehead atoms. The van der Waals surface area contributed by atoms with Crippen LogP contribution >= 0.6 is 0 Å². The fourth-order valence-corrected chi connectivity index (χ4v) is 4.28. The number of hydrogen-bond acceptors (Lipinski definition) is 3. The molecule has 30 heavy (non-hydrogen) atoms. The molecule has 4 nitrogen and oxygen atoms in total. The number of esters is 1. The van der Waals surface area contributed by atoms with Crippen molar-refractivity contribution in [3.8, 4) is 0 Å². The van der Waals surface area contributed by atoms with Crippen LogP contribution in [0.1, 0.15) is 122 Å². The second-order valence-corrected chi connectivity index (χ2v) is 8.96. The van der Waals surface area contributed by atoms with E-state index in [9.17, 15) is 14.7 Å². The molecule has 1 N–H and O–H groups in total. The van der Waals surface area contributed by atoms with Gasteiger partial charge in [0.05, 0.1) is 18.4 Å². The van der Waals surface area contributed by atoms with Crippen molar-refractivity contribution in [2.45, 2.75) is 122 Å². The summed E-state index contributed by atoms with van der Waals surface area (Å²) in [7, 11) is 0. The van der Waals surface area contributed by atoms with Gasteiger partial charge in [-0.3, -0.25) is 9.59 Å². The Kier molecular flexibility index (Phi) is 16.4. The highest BCUT2D eigenvalue weighted by Crippen LogP contribution is 2.27. The van der Waals surface area contributed by atoms with Gasteiger partial charge in [0, 0.05) is 0 Å². The lowest BCUT2D eigenvalue weighted by atomic mass is 9.83. The number of ether oxygens (including phenoxy) is 1. The van der Waals surface area contributed by atoms with E-state index in [-0.39, 0.29) is 5.97 Å². The SMILES string of the molecule is CCCCCCCCCCCCCCCCCCOC(=O)C1CC=CCC1C(=O)O. The lowest BCUT2D eigenvalue weighted by Gasteiger charge is -2.23. The van der Waals surface area contributed by atoms with Crippen LogP contribution in [0.2, 0.25) is 0 Å². The molecule has 0 fully saturated rings. The molecule has 2 atom stereocenters. The van der Waals surface area contributed by atoms with Gasteiger partial charge in [-0.15, -0.1) is 0 Å². The molecule has 4 heteroatoms. The first kappa shape index (κ1) is 26.7. The second kappa shape index (κ2) is 18.4. The Balaban J connectivity index is 1.85. The number of hydrogen-bond donors (Lipinski definition) is 1. The molecule has 0 saturated heterocycles. The van der Waals surface area contributed by atoms with Crippen molar-refractivity contribution in [3.63, 3.8) is 0 Å². The predicted molar refractivity (Wildman–Crippen MR) is 123 cm³/mol. The van der Waals surface area contributed by atoms with E-state index in [1.165, 1.54) is 89.9 Å². The molecule has 0 aromatic heterocycles. The number of rotatable bonds is 19. The summed E-state index contributed by atoms with van der Waals surface area (Å²) in [5.74, 6) is -2.39. The molecule has 0 amide bonds. The standard InChI is InChI=1S/C26H46O4/c1-2-3-4-5-6-7-8-9-10-11-12-13-14-15-16-19-22-30-26(29)24-21-18-17-20-23(24)25(27)28/h17-18,23-24H,2-16,19-22H2,1H3,(H,27,28). The minimum atomic E-state index is -0.899. The fourth-order valence-electron chi connectivity index (χ4n) is 4.28.